The van der Waals surface area contributed by atoms with Crippen molar-refractivity contribution >= 4 is 32.5 Å². The van der Waals surface area contributed by atoms with E-state index in [9.17, 15) is 15.0 Å². The van der Waals surface area contributed by atoms with Crippen LogP contribution in [0.1, 0.15) is 18.9 Å². The first-order valence-electron chi connectivity index (χ1n) is 5.67. The quantitative estimate of drug-likeness (QED) is 0.853. The zero-order valence-corrected chi connectivity index (χ0v) is 11.5. The van der Waals surface area contributed by atoms with Crippen molar-refractivity contribution in [2.45, 2.75) is 19.8 Å². The molecular formula is C14H13BrO3. The predicted octanol–water partition coefficient (Wildman–Crippen LogP) is 3.54. The molecule has 0 radical (unpaired) electrons. The Hall–Kier alpha value is -1.55. The highest BCUT2D eigenvalue weighted by Gasteiger charge is 2.12. The molecule has 4 heteroatoms. The van der Waals surface area contributed by atoms with Crippen LogP contribution in [0.15, 0.2) is 28.7 Å². The van der Waals surface area contributed by atoms with Crippen LogP contribution in [0.5, 0.6) is 11.5 Å². The molecule has 18 heavy (non-hydrogen) atoms. The first-order chi connectivity index (χ1) is 8.52. The van der Waals surface area contributed by atoms with Gasteiger partial charge in [-0.3, -0.25) is 4.79 Å². The van der Waals surface area contributed by atoms with Crippen LogP contribution in [0.25, 0.3) is 10.8 Å². The summed E-state index contributed by atoms with van der Waals surface area (Å²) in [7, 11) is 0. The number of rotatable bonds is 3. The monoisotopic (exact) mass is 308 g/mol. The highest BCUT2D eigenvalue weighted by Crippen LogP contribution is 2.37. The van der Waals surface area contributed by atoms with Gasteiger partial charge in [-0.1, -0.05) is 28.9 Å². The number of benzene rings is 2. The molecule has 0 saturated heterocycles. The number of fused-ring (bicyclic) bond motifs is 1. The summed E-state index contributed by atoms with van der Waals surface area (Å²) in [5, 5.41) is 20.7. The van der Waals surface area contributed by atoms with Crippen molar-refractivity contribution in [2.75, 3.05) is 0 Å². The van der Waals surface area contributed by atoms with Crippen molar-refractivity contribution in [1.82, 2.24) is 0 Å². The standard InChI is InChI=1S/C14H13BrO3/c1-2-10(16)6-8-5-9(15)7-12-11(8)3-4-13(17)14(12)18/h3-5,7,17-18H,2,6H2,1H3. The van der Waals surface area contributed by atoms with Crippen LogP contribution < -0.4 is 0 Å². The van der Waals surface area contributed by atoms with Gasteiger partial charge in [0.15, 0.2) is 11.5 Å². The van der Waals surface area contributed by atoms with Gasteiger partial charge < -0.3 is 10.2 Å². The lowest BCUT2D eigenvalue weighted by atomic mass is 9.99. The van der Waals surface area contributed by atoms with E-state index in [0.29, 0.717) is 18.2 Å². The molecule has 0 saturated carbocycles. The molecule has 0 heterocycles. The minimum Gasteiger partial charge on any atom is -0.504 e. The SMILES string of the molecule is CCC(=O)Cc1cc(Br)cc2c(O)c(O)ccc12. The smallest absolute Gasteiger partial charge is 0.165 e. The van der Waals surface area contributed by atoms with Gasteiger partial charge in [-0.2, -0.15) is 0 Å². The molecule has 0 aliphatic rings. The molecule has 2 rings (SSSR count). The second-order valence-corrected chi connectivity index (χ2v) is 5.08. The highest BCUT2D eigenvalue weighted by molar-refractivity contribution is 9.10. The van der Waals surface area contributed by atoms with Crippen LogP contribution in [-0.4, -0.2) is 16.0 Å². The maximum Gasteiger partial charge on any atom is 0.165 e. The van der Waals surface area contributed by atoms with E-state index in [1.165, 1.54) is 6.07 Å². The Labute approximate surface area is 113 Å². The molecular weight excluding hydrogens is 296 g/mol. The number of carbonyl (C=O) groups excluding carboxylic acids is 1. The number of ketones is 1. The molecule has 0 atom stereocenters. The first kappa shape index (κ1) is 12.9. The Morgan fingerprint density at radius 3 is 2.61 bits per heavy atom. The third-order valence-corrected chi connectivity index (χ3v) is 3.38. The third-order valence-electron chi connectivity index (χ3n) is 2.92. The molecule has 0 aromatic heterocycles. The van der Waals surface area contributed by atoms with Crippen LogP contribution in [0.4, 0.5) is 0 Å². The minimum absolute atomic E-state index is 0.141. The lowest BCUT2D eigenvalue weighted by molar-refractivity contribution is -0.118. The Balaban J connectivity index is 2.66. The number of hydrogen-bond donors (Lipinski definition) is 2. The molecule has 2 N–H and O–H groups in total. The van der Waals surface area contributed by atoms with Gasteiger partial charge in [0.25, 0.3) is 0 Å². The number of Topliss-reactive ketones (excluding diaryl/α,β-unsaturated/α-hetero) is 1. The molecule has 0 bridgehead atoms. The van der Waals surface area contributed by atoms with Crippen LogP contribution >= 0.6 is 15.9 Å². The number of hydrogen-bond acceptors (Lipinski definition) is 3. The Kier molecular flexibility index (Phi) is 3.57. The molecule has 0 unspecified atom stereocenters. The van der Waals surface area contributed by atoms with Gasteiger partial charge in [0.05, 0.1) is 0 Å². The fraction of sp³-hybridized carbons (Fsp3) is 0.214. The maximum atomic E-state index is 11.6. The Morgan fingerprint density at radius 2 is 1.94 bits per heavy atom. The second kappa shape index (κ2) is 4.98. The molecule has 0 fully saturated rings. The van der Waals surface area contributed by atoms with Crippen LogP contribution in [0, 0.1) is 0 Å². The van der Waals surface area contributed by atoms with E-state index < -0.39 is 0 Å². The van der Waals surface area contributed by atoms with E-state index in [-0.39, 0.29) is 17.3 Å². The van der Waals surface area contributed by atoms with Gasteiger partial charge >= 0.3 is 0 Å². The normalized spacial score (nSPS) is 10.8. The van der Waals surface area contributed by atoms with Crippen molar-refractivity contribution < 1.29 is 15.0 Å². The average Bonchev–Trinajstić information content (AvgIpc) is 2.34. The summed E-state index contributed by atoms with van der Waals surface area (Å²) in [6.07, 6.45) is 0.814. The van der Waals surface area contributed by atoms with Crippen molar-refractivity contribution in [3.05, 3.63) is 34.3 Å². The summed E-state index contributed by atoms with van der Waals surface area (Å²) in [5.41, 5.74) is 0.849. The number of aromatic hydroxyl groups is 2. The summed E-state index contributed by atoms with van der Waals surface area (Å²) in [6.45, 7) is 1.83. The summed E-state index contributed by atoms with van der Waals surface area (Å²) in [6, 6.07) is 6.75. The summed E-state index contributed by atoms with van der Waals surface area (Å²) in [4.78, 5) is 11.6. The molecule has 0 spiro atoms. The topological polar surface area (TPSA) is 57.5 Å². The molecule has 2 aromatic rings. The largest absolute Gasteiger partial charge is 0.504 e. The van der Waals surface area contributed by atoms with Gasteiger partial charge in [0.1, 0.15) is 5.78 Å². The summed E-state index contributed by atoms with van der Waals surface area (Å²) >= 11 is 3.35. The van der Waals surface area contributed by atoms with E-state index in [1.807, 2.05) is 13.0 Å². The van der Waals surface area contributed by atoms with Crippen LogP contribution in [0.3, 0.4) is 0 Å². The fourth-order valence-corrected chi connectivity index (χ4v) is 2.44. The first-order valence-corrected chi connectivity index (χ1v) is 6.47. The Bertz CT molecular complexity index is 620. The lowest BCUT2D eigenvalue weighted by Crippen LogP contribution is -2.01. The van der Waals surface area contributed by atoms with Gasteiger partial charge in [-0.05, 0) is 29.1 Å². The van der Waals surface area contributed by atoms with Crippen molar-refractivity contribution in [2.24, 2.45) is 0 Å². The average molecular weight is 309 g/mol. The van der Waals surface area contributed by atoms with Crippen LogP contribution in [0.2, 0.25) is 0 Å². The number of carbonyl (C=O) groups is 1. The Morgan fingerprint density at radius 1 is 1.22 bits per heavy atom. The van der Waals surface area contributed by atoms with Crippen molar-refractivity contribution in [3.63, 3.8) is 0 Å². The molecule has 2 aromatic carbocycles. The van der Waals surface area contributed by atoms with Gasteiger partial charge in [0, 0.05) is 22.7 Å². The summed E-state index contributed by atoms with van der Waals surface area (Å²) < 4.78 is 0.773. The molecule has 0 aliphatic heterocycles. The third kappa shape index (κ3) is 2.34. The zero-order chi connectivity index (χ0) is 13.3. The van der Waals surface area contributed by atoms with E-state index in [1.54, 1.807) is 12.1 Å². The van der Waals surface area contributed by atoms with E-state index in [0.717, 1.165) is 15.4 Å². The number of halogens is 1. The summed E-state index contributed by atoms with van der Waals surface area (Å²) in [5.74, 6) is -0.172. The predicted molar refractivity (Wildman–Crippen MR) is 74.0 cm³/mol. The number of phenols is 2. The van der Waals surface area contributed by atoms with Gasteiger partial charge in [-0.15, -0.1) is 0 Å². The molecule has 0 amide bonds. The second-order valence-electron chi connectivity index (χ2n) is 4.16. The number of phenolic OH excluding ortho intramolecular Hbond substituents is 2. The fourth-order valence-electron chi connectivity index (χ4n) is 1.93. The maximum absolute atomic E-state index is 11.6. The van der Waals surface area contributed by atoms with E-state index in [2.05, 4.69) is 15.9 Å². The molecule has 94 valence electrons. The van der Waals surface area contributed by atoms with E-state index in [4.69, 9.17) is 0 Å². The lowest BCUT2D eigenvalue weighted by Gasteiger charge is -2.09. The van der Waals surface area contributed by atoms with E-state index >= 15 is 0 Å². The molecule has 0 aliphatic carbocycles. The minimum atomic E-state index is -0.159. The highest BCUT2D eigenvalue weighted by atomic mass is 79.9. The van der Waals surface area contributed by atoms with Gasteiger partial charge in [-0.25, -0.2) is 0 Å². The zero-order valence-electron chi connectivity index (χ0n) is 9.90. The molecule has 3 nitrogen and oxygen atoms in total. The van der Waals surface area contributed by atoms with Crippen LogP contribution in [-0.2, 0) is 11.2 Å². The van der Waals surface area contributed by atoms with Gasteiger partial charge in [0.2, 0.25) is 0 Å². The van der Waals surface area contributed by atoms with Crippen molar-refractivity contribution in [1.29, 1.82) is 0 Å². The van der Waals surface area contributed by atoms with Crippen molar-refractivity contribution in [3.8, 4) is 11.5 Å².